The van der Waals surface area contributed by atoms with E-state index in [1.54, 1.807) is 0 Å². The normalized spacial score (nSPS) is 11.6. The van der Waals surface area contributed by atoms with Crippen LogP contribution < -0.4 is 0 Å². The molecule has 0 radical (unpaired) electrons. The molecule has 312 valence electrons. The van der Waals surface area contributed by atoms with Gasteiger partial charge < -0.3 is 0 Å². The Kier molecular flexibility index (Phi) is 9.40. The number of nitrogens with zero attached hydrogens (tertiary/aromatic N) is 2. The Bertz CT molecular complexity index is 3990. The first-order valence-corrected chi connectivity index (χ1v) is 23.6. The van der Waals surface area contributed by atoms with Gasteiger partial charge in [0.05, 0.1) is 11.4 Å². The number of fused-ring (bicyclic) bond motifs is 7. The van der Waals surface area contributed by atoms with Crippen molar-refractivity contribution in [1.82, 2.24) is 9.97 Å². The van der Waals surface area contributed by atoms with Gasteiger partial charge in [-0.05, 0) is 89.0 Å². The van der Waals surface area contributed by atoms with Crippen LogP contribution in [0.5, 0.6) is 0 Å². The van der Waals surface area contributed by atoms with Crippen LogP contribution in [-0.2, 0) is 0 Å². The van der Waals surface area contributed by atoms with Crippen molar-refractivity contribution >= 4 is 63.8 Å². The minimum absolute atomic E-state index is 0.705. The van der Waals surface area contributed by atoms with Gasteiger partial charge in [-0.15, -0.1) is 11.3 Å². The molecule has 0 N–H and O–H groups in total. The zero-order valence-corrected chi connectivity index (χ0v) is 37.2. The Morgan fingerprint density at radius 2 is 0.776 bits per heavy atom. The van der Waals surface area contributed by atoms with Crippen molar-refractivity contribution in [3.8, 4) is 78.4 Å². The van der Waals surface area contributed by atoms with Crippen LogP contribution in [-0.4, -0.2) is 9.97 Å². The zero-order valence-electron chi connectivity index (χ0n) is 36.4. The monoisotopic (exact) mass is 868 g/mol. The van der Waals surface area contributed by atoms with E-state index in [1.807, 2.05) is 29.5 Å². The molecule has 0 unspecified atom stereocenters. The highest BCUT2D eigenvalue weighted by Gasteiger charge is 2.19. The van der Waals surface area contributed by atoms with Crippen molar-refractivity contribution in [2.75, 3.05) is 0 Å². The number of rotatable bonds is 7. The molecule has 13 aromatic rings. The fourth-order valence-corrected chi connectivity index (χ4v) is 11.3. The lowest BCUT2D eigenvalue weighted by atomic mass is 9.84. The molecular formula is C64H40N2S. The second kappa shape index (κ2) is 16.2. The fourth-order valence-electron chi connectivity index (χ4n) is 10.1. The Morgan fingerprint density at radius 3 is 1.45 bits per heavy atom. The lowest BCUT2D eigenvalue weighted by Gasteiger charge is -2.19. The molecule has 0 aliphatic rings. The van der Waals surface area contributed by atoms with Gasteiger partial charge in [-0.3, -0.25) is 0 Å². The molecule has 0 fully saturated rings. The molecule has 3 heteroatoms. The standard InChI is InChI=1S/C64H40N2S/c1-3-15-47(16-4-1)61-54-22-10-9-21-53(54)60(56-39-38-43-14-7-8-19-50(43)62(56)61)48-36-28-42(29-37-48)41-26-32-45(33-27-41)57-40-58(66-64(65-57)49-17-5-2-6-18-49)46-34-30-44(31-35-46)51-23-13-24-55-52-20-11-12-25-59(52)67-63(51)55/h1-40H. The first kappa shape index (κ1) is 38.9. The third kappa shape index (κ3) is 6.79. The molecule has 0 bridgehead atoms. The van der Waals surface area contributed by atoms with Gasteiger partial charge >= 0.3 is 0 Å². The number of hydrogen-bond donors (Lipinski definition) is 0. The maximum atomic E-state index is 5.15. The average Bonchev–Trinajstić information content (AvgIpc) is 3.80. The van der Waals surface area contributed by atoms with Gasteiger partial charge in [-0.1, -0.05) is 231 Å². The van der Waals surface area contributed by atoms with E-state index in [9.17, 15) is 0 Å². The molecule has 11 aromatic carbocycles. The van der Waals surface area contributed by atoms with Crippen LogP contribution in [0.1, 0.15) is 0 Å². The number of benzene rings is 11. The molecule has 13 rings (SSSR count). The van der Waals surface area contributed by atoms with E-state index in [4.69, 9.17) is 9.97 Å². The van der Waals surface area contributed by atoms with Crippen LogP contribution in [0.3, 0.4) is 0 Å². The molecule has 0 atom stereocenters. The van der Waals surface area contributed by atoms with Crippen molar-refractivity contribution in [3.05, 3.63) is 243 Å². The highest BCUT2D eigenvalue weighted by Crippen LogP contribution is 2.47. The lowest BCUT2D eigenvalue weighted by Crippen LogP contribution is -1.96. The summed E-state index contributed by atoms with van der Waals surface area (Å²) in [7, 11) is 0. The molecule has 0 saturated heterocycles. The van der Waals surface area contributed by atoms with Crippen LogP contribution in [0.25, 0.3) is 131 Å². The van der Waals surface area contributed by atoms with Crippen LogP contribution in [0.15, 0.2) is 243 Å². The van der Waals surface area contributed by atoms with Crippen molar-refractivity contribution in [2.24, 2.45) is 0 Å². The molecule has 2 nitrogen and oxygen atoms in total. The van der Waals surface area contributed by atoms with Crippen LogP contribution >= 0.6 is 11.3 Å². The summed E-state index contributed by atoms with van der Waals surface area (Å²) < 4.78 is 2.63. The summed E-state index contributed by atoms with van der Waals surface area (Å²) in [6.45, 7) is 0. The van der Waals surface area contributed by atoms with E-state index in [0.29, 0.717) is 5.82 Å². The summed E-state index contributed by atoms with van der Waals surface area (Å²) in [4.78, 5) is 10.3. The first-order chi connectivity index (χ1) is 33.2. The van der Waals surface area contributed by atoms with Gasteiger partial charge in [0, 0.05) is 36.9 Å². The molecule has 2 heterocycles. The fraction of sp³-hybridized carbons (Fsp3) is 0. The summed E-state index contributed by atoms with van der Waals surface area (Å²) in [6.07, 6.45) is 0. The topological polar surface area (TPSA) is 25.8 Å². The van der Waals surface area contributed by atoms with Crippen molar-refractivity contribution in [2.45, 2.75) is 0 Å². The Morgan fingerprint density at radius 1 is 0.284 bits per heavy atom. The number of aromatic nitrogens is 2. The van der Waals surface area contributed by atoms with E-state index in [1.165, 1.54) is 85.9 Å². The van der Waals surface area contributed by atoms with E-state index < -0.39 is 0 Å². The first-order valence-electron chi connectivity index (χ1n) is 22.8. The molecule has 0 amide bonds. The molecular weight excluding hydrogens is 829 g/mol. The largest absolute Gasteiger partial charge is 0.228 e. The minimum atomic E-state index is 0.705. The summed E-state index contributed by atoms with van der Waals surface area (Å²) >= 11 is 1.86. The van der Waals surface area contributed by atoms with E-state index in [0.717, 1.165) is 39.2 Å². The smallest absolute Gasteiger partial charge is 0.160 e. The highest BCUT2D eigenvalue weighted by molar-refractivity contribution is 7.26. The van der Waals surface area contributed by atoms with Crippen molar-refractivity contribution < 1.29 is 0 Å². The molecule has 0 saturated carbocycles. The van der Waals surface area contributed by atoms with Gasteiger partial charge in [0.2, 0.25) is 0 Å². The van der Waals surface area contributed by atoms with Gasteiger partial charge in [0.15, 0.2) is 5.82 Å². The molecule has 0 spiro atoms. The molecule has 67 heavy (non-hydrogen) atoms. The predicted molar refractivity (Wildman–Crippen MR) is 285 cm³/mol. The number of hydrogen-bond acceptors (Lipinski definition) is 3. The maximum Gasteiger partial charge on any atom is 0.160 e. The van der Waals surface area contributed by atoms with Crippen LogP contribution in [0, 0.1) is 0 Å². The predicted octanol–water partition coefficient (Wildman–Crippen LogP) is 18.0. The summed E-state index contributed by atoms with van der Waals surface area (Å²) in [5.74, 6) is 0.705. The molecule has 0 aliphatic carbocycles. The lowest BCUT2D eigenvalue weighted by molar-refractivity contribution is 1.18. The zero-order chi connectivity index (χ0) is 44.3. The summed E-state index contributed by atoms with van der Waals surface area (Å²) in [5.41, 5.74) is 14.6. The SMILES string of the molecule is c1ccc(-c2nc(-c3ccc(-c4ccc(-c5c6ccccc6c(-c6ccccc6)c6c5ccc5ccccc56)cc4)cc3)cc(-c3ccc(-c4cccc5c4sc4ccccc45)cc3)n2)cc1. The Hall–Kier alpha value is -8.50. The third-order valence-corrected chi connectivity index (χ3v) is 14.5. The molecule has 2 aromatic heterocycles. The quantitative estimate of drug-likeness (QED) is 0.118. The second-order valence-corrected chi connectivity index (χ2v) is 18.3. The van der Waals surface area contributed by atoms with Crippen LogP contribution in [0.2, 0.25) is 0 Å². The van der Waals surface area contributed by atoms with E-state index in [2.05, 4.69) is 224 Å². The minimum Gasteiger partial charge on any atom is -0.228 e. The highest BCUT2D eigenvalue weighted by atomic mass is 32.1. The molecule has 0 aliphatic heterocycles. The Balaban J connectivity index is 0.857. The van der Waals surface area contributed by atoms with E-state index in [-0.39, 0.29) is 0 Å². The van der Waals surface area contributed by atoms with Gasteiger partial charge in [-0.25, -0.2) is 9.97 Å². The van der Waals surface area contributed by atoms with Gasteiger partial charge in [0.1, 0.15) is 0 Å². The average molecular weight is 869 g/mol. The third-order valence-electron chi connectivity index (χ3n) is 13.3. The van der Waals surface area contributed by atoms with Gasteiger partial charge in [-0.2, -0.15) is 0 Å². The summed E-state index contributed by atoms with van der Waals surface area (Å²) in [6, 6.07) is 87.6. The van der Waals surface area contributed by atoms with E-state index >= 15 is 0 Å². The summed E-state index contributed by atoms with van der Waals surface area (Å²) in [5, 5.41) is 10.2. The second-order valence-electron chi connectivity index (χ2n) is 17.2. The van der Waals surface area contributed by atoms with Crippen molar-refractivity contribution in [3.63, 3.8) is 0 Å². The van der Waals surface area contributed by atoms with Gasteiger partial charge in [0.25, 0.3) is 0 Å². The van der Waals surface area contributed by atoms with Crippen molar-refractivity contribution in [1.29, 1.82) is 0 Å². The van der Waals surface area contributed by atoms with Crippen LogP contribution in [0.4, 0.5) is 0 Å². The number of thiophene rings is 1. The maximum absolute atomic E-state index is 5.15. The Labute approximate surface area is 392 Å².